The topological polar surface area (TPSA) is 155 Å². The smallest absolute Gasteiger partial charge is 0.458 e. The first-order valence-electron chi connectivity index (χ1n) is 14.8. The molecule has 1 fully saturated rings. The summed E-state index contributed by atoms with van der Waals surface area (Å²) in [5.41, 5.74) is -2.66. The number of hydrogen-bond donors (Lipinski definition) is 4. The molecule has 1 saturated heterocycles. The summed E-state index contributed by atoms with van der Waals surface area (Å²) in [4.78, 5) is 30.6. The zero-order valence-electron chi connectivity index (χ0n) is 25.3. The number of oxime groups is 1. The highest BCUT2D eigenvalue weighted by molar-refractivity contribution is 6.02. The van der Waals surface area contributed by atoms with Crippen molar-refractivity contribution in [2.24, 2.45) is 11.1 Å². The Balaban J connectivity index is 1.40. The first-order valence-corrected chi connectivity index (χ1v) is 14.8. The van der Waals surface area contributed by atoms with Crippen LogP contribution in [0.15, 0.2) is 71.9 Å². The van der Waals surface area contributed by atoms with Gasteiger partial charge in [-0.15, -0.1) is 0 Å². The second-order valence-electron chi connectivity index (χ2n) is 11.8. The molecule has 2 heterocycles. The molecule has 0 aliphatic carbocycles. The number of anilines is 1. The number of carbonyl (C=O) groups excluding carboxylic acids is 1. The standard InChI is InChI=1S/C33H28F6N4O6/c34-32(35,36)26-15-25(9-8-23(26)18-40)41-28(44)30(47,24-10-12-43(13-11-24)29(45)46)16-19-2-1-3-22(14-19)20-4-6-21(7-5-20)27-17-31(48,49-42-27)33(37,38)39/h1-9,14-15,24,47-48H,10-13,16-17H2,(H,41,44)(H,45,46). The first kappa shape index (κ1) is 35.2. The van der Waals surface area contributed by atoms with E-state index in [0.29, 0.717) is 22.8 Å². The van der Waals surface area contributed by atoms with Gasteiger partial charge in [-0.1, -0.05) is 53.7 Å². The molecule has 10 nitrogen and oxygen atoms in total. The van der Waals surface area contributed by atoms with Gasteiger partial charge in [-0.3, -0.25) is 4.79 Å². The van der Waals surface area contributed by atoms with Gasteiger partial charge in [0, 0.05) is 31.1 Å². The van der Waals surface area contributed by atoms with Gasteiger partial charge in [0.1, 0.15) is 5.60 Å². The molecule has 4 N–H and O–H groups in total. The Kier molecular flexibility index (Phi) is 9.37. The molecule has 2 aliphatic heterocycles. The van der Waals surface area contributed by atoms with Crippen molar-refractivity contribution in [2.45, 2.75) is 49.4 Å². The largest absolute Gasteiger partial charge is 0.465 e. The second-order valence-corrected chi connectivity index (χ2v) is 11.8. The Morgan fingerprint density at radius 3 is 2.20 bits per heavy atom. The monoisotopic (exact) mass is 690 g/mol. The van der Waals surface area contributed by atoms with E-state index >= 15 is 0 Å². The summed E-state index contributed by atoms with van der Waals surface area (Å²) in [6, 6.07) is 16.8. The number of carboxylic acid groups (broad SMARTS) is 1. The lowest BCUT2D eigenvalue weighted by atomic mass is 9.76. The van der Waals surface area contributed by atoms with E-state index in [1.54, 1.807) is 36.4 Å². The molecule has 3 aromatic rings. The summed E-state index contributed by atoms with van der Waals surface area (Å²) in [6.45, 7) is 0.0154. The van der Waals surface area contributed by atoms with Crippen molar-refractivity contribution in [2.75, 3.05) is 18.4 Å². The molecule has 16 heteroatoms. The maximum atomic E-state index is 13.7. The van der Waals surface area contributed by atoms with Crippen LogP contribution in [0.3, 0.4) is 0 Å². The van der Waals surface area contributed by atoms with Crippen LogP contribution in [0.5, 0.6) is 0 Å². The Labute approximate surface area is 274 Å². The van der Waals surface area contributed by atoms with Crippen LogP contribution < -0.4 is 5.32 Å². The van der Waals surface area contributed by atoms with Crippen molar-refractivity contribution in [3.63, 3.8) is 0 Å². The average molecular weight is 691 g/mol. The summed E-state index contributed by atoms with van der Waals surface area (Å²) in [5, 5.41) is 46.0. The highest BCUT2D eigenvalue weighted by Gasteiger charge is 2.60. The van der Waals surface area contributed by atoms with Crippen molar-refractivity contribution in [1.29, 1.82) is 5.26 Å². The highest BCUT2D eigenvalue weighted by atomic mass is 19.4. The molecule has 0 spiro atoms. The van der Waals surface area contributed by atoms with Crippen molar-refractivity contribution < 1.29 is 56.1 Å². The highest BCUT2D eigenvalue weighted by Crippen LogP contribution is 2.40. The lowest BCUT2D eigenvalue weighted by Gasteiger charge is -2.40. The fraction of sp³-hybridized carbons (Fsp3) is 0.333. The Hall–Kier alpha value is -5.14. The first-order chi connectivity index (χ1) is 22.9. The number of alkyl halides is 6. The minimum absolute atomic E-state index is 0.00771. The third-order valence-corrected chi connectivity index (χ3v) is 8.65. The van der Waals surface area contributed by atoms with Crippen LogP contribution in [0.25, 0.3) is 11.1 Å². The van der Waals surface area contributed by atoms with Gasteiger partial charge in [-0.2, -0.15) is 31.6 Å². The van der Waals surface area contributed by atoms with E-state index in [1.807, 2.05) is 0 Å². The van der Waals surface area contributed by atoms with Gasteiger partial charge in [0.15, 0.2) is 0 Å². The summed E-state index contributed by atoms with van der Waals surface area (Å²) < 4.78 is 80.1. The van der Waals surface area contributed by atoms with Gasteiger partial charge >= 0.3 is 24.2 Å². The fourth-order valence-electron chi connectivity index (χ4n) is 5.91. The predicted molar refractivity (Wildman–Crippen MR) is 161 cm³/mol. The maximum Gasteiger partial charge on any atom is 0.458 e. The summed E-state index contributed by atoms with van der Waals surface area (Å²) in [6.07, 6.45) is -12.2. The molecule has 0 aromatic heterocycles. The molecule has 0 bridgehead atoms. The van der Waals surface area contributed by atoms with Crippen LogP contribution >= 0.6 is 0 Å². The number of carbonyl (C=O) groups is 2. The van der Waals surface area contributed by atoms with Crippen molar-refractivity contribution in [3.8, 4) is 17.2 Å². The van der Waals surface area contributed by atoms with Crippen LogP contribution in [0, 0.1) is 17.2 Å². The molecule has 2 atom stereocenters. The quantitative estimate of drug-likeness (QED) is 0.224. The molecule has 5 rings (SSSR count). The predicted octanol–water partition coefficient (Wildman–Crippen LogP) is 5.92. The summed E-state index contributed by atoms with van der Waals surface area (Å²) in [7, 11) is 0. The van der Waals surface area contributed by atoms with Crippen molar-refractivity contribution in [1.82, 2.24) is 4.90 Å². The van der Waals surface area contributed by atoms with Crippen LogP contribution in [-0.4, -0.2) is 68.6 Å². The van der Waals surface area contributed by atoms with Crippen LogP contribution in [-0.2, 0) is 22.2 Å². The normalized spacial score (nSPS) is 19.7. The number of nitrogens with one attached hydrogen (secondary N) is 1. The number of rotatable bonds is 7. The van der Waals surface area contributed by atoms with Crippen molar-refractivity contribution >= 4 is 23.4 Å². The minimum Gasteiger partial charge on any atom is -0.465 e. The molecule has 2 unspecified atom stereocenters. The lowest BCUT2D eigenvalue weighted by Crippen LogP contribution is -2.54. The molecule has 49 heavy (non-hydrogen) atoms. The summed E-state index contributed by atoms with van der Waals surface area (Å²) >= 11 is 0. The third kappa shape index (κ3) is 7.32. The zero-order chi connectivity index (χ0) is 35.8. The number of amides is 2. The van der Waals surface area contributed by atoms with Crippen LogP contribution in [0.1, 0.15) is 41.5 Å². The van der Waals surface area contributed by atoms with E-state index in [2.05, 4.69) is 15.3 Å². The lowest BCUT2D eigenvalue weighted by molar-refractivity contribution is -0.355. The number of nitrogens with zero attached hydrogens (tertiary/aromatic N) is 3. The van der Waals surface area contributed by atoms with Gasteiger partial charge in [-0.25, -0.2) is 4.79 Å². The van der Waals surface area contributed by atoms with Gasteiger partial charge in [0.25, 0.3) is 5.91 Å². The van der Waals surface area contributed by atoms with E-state index < -0.39 is 59.2 Å². The molecule has 0 radical (unpaired) electrons. The SMILES string of the molecule is N#Cc1ccc(NC(=O)C(O)(Cc2cccc(-c3ccc(C4=NOC(O)(C(F)(F)F)C4)cc3)c2)C2CCN(C(=O)O)CC2)cc1C(F)(F)F. The number of piperidine rings is 1. The van der Waals surface area contributed by atoms with Crippen LogP contribution in [0.2, 0.25) is 0 Å². The molecular formula is C33H28F6N4O6. The molecule has 0 saturated carbocycles. The number of halogens is 6. The average Bonchev–Trinajstić information content (AvgIpc) is 3.48. The minimum atomic E-state index is -5.06. The molecule has 3 aromatic carbocycles. The van der Waals surface area contributed by atoms with Gasteiger partial charge < -0.3 is 30.4 Å². The van der Waals surface area contributed by atoms with Crippen LogP contribution in [0.4, 0.5) is 36.8 Å². The maximum absolute atomic E-state index is 13.7. The van der Waals surface area contributed by atoms with E-state index in [-0.39, 0.29) is 49.3 Å². The zero-order valence-corrected chi connectivity index (χ0v) is 25.3. The number of hydrogen-bond acceptors (Lipinski definition) is 7. The van der Waals surface area contributed by atoms with Crippen molar-refractivity contribution in [3.05, 3.63) is 89.0 Å². The molecular weight excluding hydrogens is 662 g/mol. The molecule has 2 aliphatic rings. The number of likely N-dealkylation sites (tertiary alicyclic amines) is 1. The fourth-order valence-corrected chi connectivity index (χ4v) is 5.91. The Bertz CT molecular complexity index is 1820. The van der Waals surface area contributed by atoms with Gasteiger partial charge in [0.05, 0.1) is 29.3 Å². The molecule has 258 valence electrons. The second kappa shape index (κ2) is 13.1. The van der Waals surface area contributed by atoms with Gasteiger partial charge in [-0.05, 0) is 53.3 Å². The van der Waals surface area contributed by atoms with E-state index in [1.165, 1.54) is 18.2 Å². The Morgan fingerprint density at radius 1 is 0.980 bits per heavy atom. The third-order valence-electron chi connectivity index (χ3n) is 8.65. The Morgan fingerprint density at radius 2 is 1.63 bits per heavy atom. The molecule has 2 amide bonds. The summed E-state index contributed by atoms with van der Waals surface area (Å²) in [5.74, 6) is -5.24. The van der Waals surface area contributed by atoms with Gasteiger partial charge in [0.2, 0.25) is 0 Å². The van der Waals surface area contributed by atoms with E-state index in [9.17, 15) is 51.3 Å². The number of aliphatic hydroxyl groups is 2. The van der Waals surface area contributed by atoms with E-state index in [4.69, 9.17) is 5.26 Å². The van der Waals surface area contributed by atoms with E-state index in [0.717, 1.165) is 17.0 Å². The number of nitriles is 1. The number of benzene rings is 3.